The van der Waals surface area contributed by atoms with E-state index in [1.807, 2.05) is 0 Å². The minimum atomic E-state index is -0.560. The Kier molecular flexibility index (Phi) is 12.2. The Morgan fingerprint density at radius 2 is 0.971 bits per heavy atom. The van der Waals surface area contributed by atoms with Gasteiger partial charge in [0.25, 0.3) is 0 Å². The number of guanidine groups is 2. The van der Waals surface area contributed by atoms with Gasteiger partial charge in [-0.2, -0.15) is 9.98 Å². The van der Waals surface area contributed by atoms with Gasteiger partial charge in [0.05, 0.1) is 0 Å². The molecule has 0 saturated carbocycles. The molecule has 2 aromatic rings. The fourth-order valence-corrected chi connectivity index (χ4v) is 3.13. The maximum absolute atomic E-state index is 11.8. The van der Waals surface area contributed by atoms with Crippen molar-refractivity contribution in [2.45, 2.75) is 32.1 Å². The van der Waals surface area contributed by atoms with Gasteiger partial charge >= 0.3 is 12.1 Å². The molecule has 0 aliphatic heterocycles. The molecule has 0 aliphatic rings. The third-order valence-corrected chi connectivity index (χ3v) is 5.10. The molecule has 0 spiro atoms. The number of nitrogens with one attached hydrogen (secondary N) is 4. The molecule has 2 aromatic carbocycles. The number of urea groups is 2. The third-order valence-electron chi connectivity index (χ3n) is 4.60. The van der Waals surface area contributed by atoms with Gasteiger partial charge in [-0.25, -0.2) is 9.59 Å². The summed E-state index contributed by atoms with van der Waals surface area (Å²) in [4.78, 5) is 31.2. The van der Waals surface area contributed by atoms with E-state index in [4.69, 9.17) is 34.7 Å². The fraction of sp³-hybridized carbons (Fsp3) is 0.304. The van der Waals surface area contributed by atoms with Crippen molar-refractivity contribution in [3.63, 3.8) is 0 Å². The standard InChI is InChI=1S/C23H30Cl2N8O2/c24-16-6-10-18(11-7-16)30-22(34)32-20(26)28-14-4-2-1-3-5-15-29-21(27)33-23(35)31-19-12-8-17(25)9-13-19/h6-13H,1-5,14-15H2,(H4,26,28,30,32,34)(H4,27,29,31,33,35). The minimum Gasteiger partial charge on any atom is -0.370 e. The molecule has 0 saturated heterocycles. The highest BCUT2D eigenvalue weighted by molar-refractivity contribution is 6.31. The van der Waals surface area contributed by atoms with Crippen molar-refractivity contribution in [3.05, 3.63) is 58.6 Å². The van der Waals surface area contributed by atoms with Crippen molar-refractivity contribution in [2.75, 3.05) is 23.7 Å². The number of rotatable bonds is 10. The van der Waals surface area contributed by atoms with Crippen LogP contribution in [0.5, 0.6) is 0 Å². The number of amides is 4. The van der Waals surface area contributed by atoms with Crippen LogP contribution in [0.25, 0.3) is 0 Å². The summed E-state index contributed by atoms with van der Waals surface area (Å²) in [6.45, 7) is 1.23. The van der Waals surface area contributed by atoms with E-state index in [-0.39, 0.29) is 11.9 Å². The lowest BCUT2D eigenvalue weighted by molar-refractivity contribution is 0.258. The lowest BCUT2D eigenvalue weighted by atomic mass is 10.1. The Balaban J connectivity index is 1.49. The molecule has 0 heterocycles. The zero-order chi connectivity index (χ0) is 25.5. The molecule has 8 N–H and O–H groups in total. The smallest absolute Gasteiger partial charge is 0.348 e. The van der Waals surface area contributed by atoms with Crippen molar-refractivity contribution < 1.29 is 9.59 Å². The first-order valence-corrected chi connectivity index (χ1v) is 11.9. The van der Waals surface area contributed by atoms with Gasteiger partial charge in [-0.3, -0.25) is 0 Å². The Hall–Kier alpha value is -3.50. The molecule has 0 atom stereocenters. The van der Waals surface area contributed by atoms with E-state index >= 15 is 0 Å². The Morgan fingerprint density at radius 3 is 1.34 bits per heavy atom. The number of hydrogen-bond donors (Lipinski definition) is 6. The second kappa shape index (κ2) is 15.4. The number of anilines is 2. The first-order valence-electron chi connectivity index (χ1n) is 11.1. The topological polar surface area (TPSA) is 159 Å². The van der Waals surface area contributed by atoms with Crippen molar-refractivity contribution in [3.8, 4) is 0 Å². The van der Waals surface area contributed by atoms with E-state index in [0.717, 1.165) is 32.1 Å². The molecular formula is C23H30Cl2N8O2. The van der Waals surface area contributed by atoms with E-state index in [1.165, 1.54) is 0 Å². The Bertz CT molecular complexity index is 930. The van der Waals surface area contributed by atoms with Crippen LogP contribution in [-0.2, 0) is 0 Å². The molecular weight excluding hydrogens is 491 g/mol. The van der Waals surface area contributed by atoms with Crippen molar-refractivity contribution in [1.29, 1.82) is 0 Å². The van der Waals surface area contributed by atoms with Gasteiger partial charge in [0, 0.05) is 34.5 Å². The average molecular weight is 521 g/mol. The summed E-state index contributed by atoms with van der Waals surface area (Å²) in [6, 6.07) is 12.3. The first-order chi connectivity index (χ1) is 16.8. The molecule has 10 nitrogen and oxygen atoms in total. The zero-order valence-electron chi connectivity index (χ0n) is 19.2. The van der Waals surface area contributed by atoms with E-state index in [1.54, 1.807) is 48.5 Å². The van der Waals surface area contributed by atoms with Crippen LogP contribution in [0.15, 0.2) is 58.5 Å². The molecule has 35 heavy (non-hydrogen) atoms. The highest BCUT2D eigenvalue weighted by atomic mass is 35.5. The lowest BCUT2D eigenvalue weighted by Crippen LogP contribution is -2.34. The van der Waals surface area contributed by atoms with Gasteiger partial charge in [-0.05, 0) is 61.4 Å². The summed E-state index contributed by atoms with van der Waals surface area (Å²) in [5.41, 5.74) is 12.6. The number of halogens is 2. The monoisotopic (exact) mass is 520 g/mol. The molecule has 0 radical (unpaired) electrons. The molecule has 0 fully saturated rings. The van der Waals surface area contributed by atoms with Gasteiger partial charge in [0.2, 0.25) is 0 Å². The van der Waals surface area contributed by atoms with E-state index in [0.29, 0.717) is 34.5 Å². The van der Waals surface area contributed by atoms with Crippen molar-refractivity contribution >= 4 is 58.6 Å². The molecule has 12 heteroatoms. The summed E-state index contributed by atoms with van der Waals surface area (Å²) < 4.78 is 0. The van der Waals surface area contributed by atoms with Gasteiger partial charge in [0.1, 0.15) is 0 Å². The van der Waals surface area contributed by atoms with E-state index in [9.17, 15) is 9.59 Å². The minimum absolute atomic E-state index is 0.0653. The third kappa shape index (κ3) is 12.5. The average Bonchev–Trinajstić information content (AvgIpc) is 2.80. The zero-order valence-corrected chi connectivity index (χ0v) is 20.7. The quantitative estimate of drug-likeness (QED) is 0.153. The predicted molar refractivity (Wildman–Crippen MR) is 143 cm³/mol. The number of nitrogens with zero attached hydrogens (tertiary/aromatic N) is 2. The number of carbonyl (C=O) groups excluding carboxylic acids is 2. The fourth-order valence-electron chi connectivity index (χ4n) is 2.88. The molecule has 188 valence electrons. The summed E-state index contributed by atoms with van der Waals surface area (Å²) >= 11 is 11.6. The molecule has 4 amide bonds. The maximum Gasteiger partial charge on any atom is 0.348 e. The Labute approximate surface area is 214 Å². The van der Waals surface area contributed by atoms with Crippen molar-refractivity contribution in [1.82, 2.24) is 10.6 Å². The van der Waals surface area contributed by atoms with Gasteiger partial charge in [-0.1, -0.05) is 42.5 Å². The van der Waals surface area contributed by atoms with Crippen molar-refractivity contribution in [2.24, 2.45) is 21.5 Å². The van der Waals surface area contributed by atoms with Gasteiger partial charge < -0.3 is 32.7 Å². The van der Waals surface area contributed by atoms with Crippen LogP contribution in [0.3, 0.4) is 0 Å². The highest BCUT2D eigenvalue weighted by Gasteiger charge is 2.03. The van der Waals surface area contributed by atoms with Crippen LogP contribution in [0.1, 0.15) is 32.1 Å². The number of benzene rings is 2. The van der Waals surface area contributed by atoms with Crippen LogP contribution in [0.2, 0.25) is 10.0 Å². The number of unbranched alkanes of at least 4 members (excludes halogenated alkanes) is 4. The van der Waals surface area contributed by atoms with Crippen LogP contribution in [0, 0.1) is 0 Å². The second-order valence-electron chi connectivity index (χ2n) is 7.49. The number of nitrogens with two attached hydrogens (primary N) is 2. The van der Waals surface area contributed by atoms with E-state index < -0.39 is 12.1 Å². The summed E-state index contributed by atoms with van der Waals surface area (Å²) in [5, 5.41) is 12.2. The number of hydrogen-bond acceptors (Lipinski definition) is 2. The lowest BCUT2D eigenvalue weighted by Gasteiger charge is -2.07. The van der Waals surface area contributed by atoms with Crippen LogP contribution < -0.4 is 32.7 Å². The number of carbonyl (C=O) groups is 2. The first kappa shape index (κ1) is 27.7. The molecule has 0 unspecified atom stereocenters. The summed E-state index contributed by atoms with van der Waals surface area (Å²) in [7, 11) is 0. The highest BCUT2D eigenvalue weighted by Crippen LogP contribution is 2.14. The predicted octanol–water partition coefficient (Wildman–Crippen LogP) is 4.52. The molecule has 2 rings (SSSR count). The van der Waals surface area contributed by atoms with Gasteiger partial charge in [-0.15, -0.1) is 0 Å². The summed E-state index contributed by atoms with van der Waals surface area (Å²) in [6.07, 6.45) is 4.77. The molecule has 0 bridgehead atoms. The van der Waals surface area contributed by atoms with Gasteiger partial charge in [0.15, 0.2) is 11.9 Å². The normalized spacial score (nSPS) is 11.6. The number of aliphatic imine (C=N–C) groups is 2. The van der Waals surface area contributed by atoms with Crippen LogP contribution >= 0.6 is 23.2 Å². The largest absolute Gasteiger partial charge is 0.370 e. The SMILES string of the molecule is NC(=NC(=O)Nc1ccc(Cl)cc1)NCCCCCCCNC(N)=NC(=O)Nc1ccc(Cl)cc1. The van der Waals surface area contributed by atoms with Crippen LogP contribution in [-0.4, -0.2) is 37.1 Å². The summed E-state index contributed by atoms with van der Waals surface area (Å²) in [5.74, 6) is 0.131. The Morgan fingerprint density at radius 1 is 0.629 bits per heavy atom. The molecule has 0 aliphatic carbocycles. The maximum atomic E-state index is 11.8. The van der Waals surface area contributed by atoms with Crippen LogP contribution in [0.4, 0.5) is 21.0 Å². The molecule has 0 aromatic heterocycles. The second-order valence-corrected chi connectivity index (χ2v) is 8.36. The van der Waals surface area contributed by atoms with E-state index in [2.05, 4.69) is 31.3 Å².